The lowest BCUT2D eigenvalue weighted by atomic mass is 9.73. The van der Waals surface area contributed by atoms with Gasteiger partial charge in [0.2, 0.25) is 0 Å². The van der Waals surface area contributed by atoms with Crippen LogP contribution in [0.15, 0.2) is 29.0 Å². The van der Waals surface area contributed by atoms with Crippen LogP contribution < -0.4 is 0 Å². The smallest absolute Gasteiger partial charge is 0.0467 e. The van der Waals surface area contributed by atoms with Gasteiger partial charge in [0.05, 0.1) is 0 Å². The van der Waals surface area contributed by atoms with Crippen LogP contribution in [0.3, 0.4) is 0 Å². The van der Waals surface area contributed by atoms with E-state index in [1.165, 1.54) is 11.1 Å². The van der Waals surface area contributed by atoms with Crippen molar-refractivity contribution in [1.29, 1.82) is 0 Å². The number of hydrogen-bond acceptors (Lipinski definition) is 2. The van der Waals surface area contributed by atoms with E-state index >= 15 is 0 Å². The van der Waals surface area contributed by atoms with Crippen molar-refractivity contribution in [2.24, 2.45) is 22.4 Å². The van der Waals surface area contributed by atoms with Crippen LogP contribution in [0.1, 0.15) is 40.5 Å². The molecule has 0 fully saturated rings. The first-order valence-electron chi connectivity index (χ1n) is 5.92. The molecule has 90 valence electrons. The van der Waals surface area contributed by atoms with Crippen molar-refractivity contribution >= 4 is 6.21 Å². The van der Waals surface area contributed by atoms with Crippen LogP contribution >= 0.6 is 0 Å². The van der Waals surface area contributed by atoms with Gasteiger partial charge in [-0.25, -0.2) is 0 Å². The molecule has 1 aliphatic carbocycles. The second-order valence-corrected chi connectivity index (χ2v) is 5.50. The first-order valence-corrected chi connectivity index (χ1v) is 5.92. The minimum Gasteiger partial charge on any atom is -0.411 e. The summed E-state index contributed by atoms with van der Waals surface area (Å²) in [4.78, 5) is 0. The van der Waals surface area contributed by atoms with E-state index in [-0.39, 0.29) is 11.3 Å². The Bertz CT molecular complexity index is 326. The standard InChI is InChI=1S/C14H23NO/c1-10(9-15-16)8-11(2)13-7-6-12(3)14(13,4)5/h6,9-10,13,16H,2,7-8H2,1,3-5H3/t10?,13-/m1/s1. The predicted molar refractivity (Wildman–Crippen MR) is 68.8 cm³/mol. The Morgan fingerprint density at radius 1 is 1.75 bits per heavy atom. The number of oxime groups is 1. The Kier molecular flexibility index (Phi) is 3.95. The molecule has 0 bridgehead atoms. The van der Waals surface area contributed by atoms with Gasteiger partial charge < -0.3 is 5.21 Å². The van der Waals surface area contributed by atoms with Gasteiger partial charge in [-0.15, -0.1) is 5.16 Å². The van der Waals surface area contributed by atoms with Crippen LogP contribution in [0.25, 0.3) is 0 Å². The lowest BCUT2D eigenvalue weighted by Gasteiger charge is -2.32. The molecule has 0 heterocycles. The van der Waals surface area contributed by atoms with Gasteiger partial charge in [0.25, 0.3) is 0 Å². The minimum atomic E-state index is 0.229. The zero-order valence-electron chi connectivity index (χ0n) is 10.8. The summed E-state index contributed by atoms with van der Waals surface area (Å²) in [6.45, 7) is 13.0. The van der Waals surface area contributed by atoms with Crippen molar-refractivity contribution in [3.63, 3.8) is 0 Å². The maximum Gasteiger partial charge on any atom is 0.0467 e. The Hall–Kier alpha value is -1.05. The molecular weight excluding hydrogens is 198 g/mol. The summed E-state index contributed by atoms with van der Waals surface area (Å²) in [5, 5.41) is 11.6. The molecule has 0 aromatic heterocycles. The van der Waals surface area contributed by atoms with Crippen molar-refractivity contribution in [1.82, 2.24) is 0 Å². The fourth-order valence-corrected chi connectivity index (χ4v) is 2.53. The van der Waals surface area contributed by atoms with Gasteiger partial charge in [-0.05, 0) is 37.0 Å². The van der Waals surface area contributed by atoms with Gasteiger partial charge in [-0.1, -0.05) is 44.6 Å². The molecule has 1 unspecified atom stereocenters. The zero-order valence-corrected chi connectivity index (χ0v) is 10.8. The van der Waals surface area contributed by atoms with Crippen molar-refractivity contribution in [2.75, 3.05) is 0 Å². The SMILES string of the molecule is C=C(CC(C)C=NO)[C@H]1CC=C(C)C1(C)C. The monoisotopic (exact) mass is 221 g/mol. The van der Waals surface area contributed by atoms with Crippen molar-refractivity contribution in [2.45, 2.75) is 40.5 Å². The molecule has 0 saturated carbocycles. The molecule has 0 aliphatic heterocycles. The average Bonchev–Trinajstić information content (AvgIpc) is 2.42. The van der Waals surface area contributed by atoms with Crippen LogP contribution in [0.2, 0.25) is 0 Å². The summed E-state index contributed by atoms with van der Waals surface area (Å²) in [5.41, 5.74) is 2.96. The third kappa shape index (κ3) is 2.55. The molecule has 2 nitrogen and oxygen atoms in total. The second-order valence-electron chi connectivity index (χ2n) is 5.50. The predicted octanol–water partition coefficient (Wildman–Crippen LogP) is 4.02. The average molecular weight is 221 g/mol. The van der Waals surface area contributed by atoms with E-state index in [4.69, 9.17) is 5.21 Å². The fraction of sp³-hybridized carbons (Fsp3) is 0.643. The lowest BCUT2D eigenvalue weighted by molar-refractivity contribution is 0.315. The molecule has 16 heavy (non-hydrogen) atoms. The molecular formula is C14H23NO. The van der Waals surface area contributed by atoms with Gasteiger partial charge >= 0.3 is 0 Å². The van der Waals surface area contributed by atoms with Gasteiger partial charge in [0.15, 0.2) is 0 Å². The normalized spacial score (nSPS) is 25.8. The minimum absolute atomic E-state index is 0.229. The number of hydrogen-bond donors (Lipinski definition) is 1. The van der Waals surface area contributed by atoms with Crippen LogP contribution in [-0.4, -0.2) is 11.4 Å². The third-order valence-corrected chi connectivity index (χ3v) is 3.95. The largest absolute Gasteiger partial charge is 0.411 e. The molecule has 2 atom stereocenters. The molecule has 0 aromatic carbocycles. The number of allylic oxidation sites excluding steroid dienone is 3. The Balaban J connectivity index is 2.64. The van der Waals surface area contributed by atoms with Gasteiger partial charge in [-0.3, -0.25) is 0 Å². The zero-order chi connectivity index (χ0) is 12.3. The highest BCUT2D eigenvalue weighted by molar-refractivity contribution is 5.59. The lowest BCUT2D eigenvalue weighted by Crippen LogP contribution is -2.22. The van der Waals surface area contributed by atoms with E-state index in [0.29, 0.717) is 5.92 Å². The highest BCUT2D eigenvalue weighted by Crippen LogP contribution is 2.47. The number of nitrogens with zero attached hydrogens (tertiary/aromatic N) is 1. The summed E-state index contributed by atoms with van der Waals surface area (Å²) in [6, 6.07) is 0. The van der Waals surface area contributed by atoms with Crippen molar-refractivity contribution < 1.29 is 5.21 Å². The topological polar surface area (TPSA) is 32.6 Å². The van der Waals surface area contributed by atoms with Crippen molar-refractivity contribution in [3.8, 4) is 0 Å². The van der Waals surface area contributed by atoms with Crippen LogP contribution in [0, 0.1) is 17.3 Å². The van der Waals surface area contributed by atoms with Gasteiger partial charge in [0, 0.05) is 6.21 Å². The van der Waals surface area contributed by atoms with Crippen molar-refractivity contribution in [3.05, 3.63) is 23.8 Å². The molecule has 0 saturated heterocycles. The fourth-order valence-electron chi connectivity index (χ4n) is 2.53. The van der Waals surface area contributed by atoms with Gasteiger partial charge in [0.1, 0.15) is 0 Å². The number of rotatable bonds is 4. The first kappa shape index (κ1) is 13.0. The van der Waals surface area contributed by atoms with Crippen LogP contribution in [0.5, 0.6) is 0 Å². The van der Waals surface area contributed by atoms with E-state index < -0.39 is 0 Å². The second kappa shape index (κ2) is 4.86. The first-order chi connectivity index (χ1) is 7.39. The maximum absolute atomic E-state index is 8.49. The van der Waals surface area contributed by atoms with E-state index in [9.17, 15) is 0 Å². The van der Waals surface area contributed by atoms with Gasteiger partial charge in [-0.2, -0.15) is 0 Å². The molecule has 1 rings (SSSR count). The van der Waals surface area contributed by atoms with E-state index in [0.717, 1.165) is 12.8 Å². The molecule has 2 heteroatoms. The Morgan fingerprint density at radius 2 is 2.38 bits per heavy atom. The highest BCUT2D eigenvalue weighted by atomic mass is 16.4. The highest BCUT2D eigenvalue weighted by Gasteiger charge is 2.36. The summed E-state index contributed by atoms with van der Waals surface area (Å²) >= 11 is 0. The van der Waals surface area contributed by atoms with Crippen LogP contribution in [0.4, 0.5) is 0 Å². The molecule has 1 aliphatic rings. The molecule has 0 aromatic rings. The maximum atomic E-state index is 8.49. The Morgan fingerprint density at radius 3 is 2.81 bits per heavy atom. The summed E-state index contributed by atoms with van der Waals surface area (Å²) in [6.07, 6.45) is 5.90. The van der Waals surface area contributed by atoms with E-state index in [2.05, 4.69) is 38.6 Å². The van der Waals surface area contributed by atoms with E-state index in [1.807, 2.05) is 6.92 Å². The summed E-state index contributed by atoms with van der Waals surface area (Å²) in [5.74, 6) is 0.788. The molecule has 1 N–H and O–H groups in total. The quantitative estimate of drug-likeness (QED) is 0.331. The molecule has 0 amide bonds. The third-order valence-electron chi connectivity index (χ3n) is 3.95. The summed E-state index contributed by atoms with van der Waals surface area (Å²) in [7, 11) is 0. The van der Waals surface area contributed by atoms with Crippen LogP contribution in [-0.2, 0) is 0 Å². The van der Waals surface area contributed by atoms with E-state index in [1.54, 1.807) is 6.21 Å². The summed E-state index contributed by atoms with van der Waals surface area (Å²) < 4.78 is 0. The molecule has 0 spiro atoms. The molecule has 0 radical (unpaired) electrons. The Labute approximate surface area is 98.7 Å².